The number of amides is 2. The molecule has 2 amide bonds. The van der Waals surface area contributed by atoms with Gasteiger partial charge in [-0.1, -0.05) is 6.42 Å². The number of rotatable bonds is 6. The van der Waals surface area contributed by atoms with Crippen LogP contribution in [0.2, 0.25) is 0 Å². The number of benzene rings is 1. The van der Waals surface area contributed by atoms with Crippen molar-refractivity contribution >= 4 is 11.8 Å². The van der Waals surface area contributed by atoms with Crippen LogP contribution in [0.3, 0.4) is 0 Å². The van der Waals surface area contributed by atoms with E-state index in [0.717, 1.165) is 12.3 Å². The molecule has 142 valence electrons. The molecule has 7 heteroatoms. The summed E-state index contributed by atoms with van der Waals surface area (Å²) in [5.41, 5.74) is 5.29. The highest BCUT2D eigenvalue weighted by atomic mass is 16.5. The zero-order chi connectivity index (χ0) is 18.7. The Morgan fingerprint density at radius 1 is 1.00 bits per heavy atom. The maximum absolute atomic E-state index is 12.4. The Balaban J connectivity index is 1.58. The molecule has 26 heavy (non-hydrogen) atoms. The van der Waals surface area contributed by atoms with Crippen LogP contribution in [-0.2, 0) is 4.79 Å². The maximum atomic E-state index is 12.4. The predicted molar refractivity (Wildman–Crippen MR) is 95.3 cm³/mol. The van der Waals surface area contributed by atoms with Gasteiger partial charge in [-0.15, -0.1) is 0 Å². The van der Waals surface area contributed by atoms with E-state index in [9.17, 15) is 9.59 Å². The summed E-state index contributed by atoms with van der Waals surface area (Å²) < 4.78 is 15.7. The van der Waals surface area contributed by atoms with E-state index in [1.807, 2.05) is 0 Å². The lowest BCUT2D eigenvalue weighted by Gasteiger charge is -2.21. The van der Waals surface area contributed by atoms with E-state index in [1.54, 1.807) is 12.1 Å². The number of hydrogen-bond acceptors (Lipinski definition) is 5. The van der Waals surface area contributed by atoms with Gasteiger partial charge in [0.25, 0.3) is 5.91 Å². The third kappa shape index (κ3) is 3.71. The van der Waals surface area contributed by atoms with Crippen LogP contribution in [0.25, 0.3) is 0 Å². The minimum absolute atomic E-state index is 0.150. The number of ether oxygens (including phenoxy) is 3. The van der Waals surface area contributed by atoms with Gasteiger partial charge in [-0.3, -0.25) is 20.4 Å². The molecule has 7 nitrogen and oxygen atoms in total. The smallest absolute Gasteiger partial charge is 0.269 e. The van der Waals surface area contributed by atoms with Gasteiger partial charge >= 0.3 is 0 Å². The van der Waals surface area contributed by atoms with Gasteiger partial charge in [0.05, 0.1) is 21.3 Å². The van der Waals surface area contributed by atoms with Gasteiger partial charge in [0.15, 0.2) is 11.5 Å². The molecule has 2 aliphatic carbocycles. The standard InChI is InChI=1S/C19H26N2O5/c1-24-15-8-14(9-16(25-2)18(15)26-3)19(23)21-20-17(22)10-13-7-11-4-5-12(13)6-11/h8-9,11-13H,4-7,10H2,1-3H3,(H,20,22)(H,21,23)/t11-,12-,13-/m1/s1. The Morgan fingerprint density at radius 2 is 1.69 bits per heavy atom. The zero-order valence-electron chi connectivity index (χ0n) is 15.5. The topological polar surface area (TPSA) is 85.9 Å². The largest absolute Gasteiger partial charge is 0.493 e. The number of fused-ring (bicyclic) bond motifs is 2. The Morgan fingerprint density at radius 3 is 2.19 bits per heavy atom. The third-order valence-electron chi connectivity index (χ3n) is 5.57. The van der Waals surface area contributed by atoms with E-state index in [4.69, 9.17) is 14.2 Å². The Hall–Kier alpha value is -2.44. The fourth-order valence-corrected chi connectivity index (χ4v) is 4.33. The summed E-state index contributed by atoms with van der Waals surface area (Å²) in [5.74, 6) is 2.51. The molecule has 3 rings (SSSR count). The van der Waals surface area contributed by atoms with Crippen LogP contribution in [0.5, 0.6) is 17.2 Å². The molecule has 2 saturated carbocycles. The number of nitrogens with one attached hydrogen (secondary N) is 2. The summed E-state index contributed by atoms with van der Waals surface area (Å²) in [6.45, 7) is 0. The van der Waals surface area contributed by atoms with Gasteiger partial charge in [-0.05, 0) is 49.1 Å². The molecule has 0 aliphatic heterocycles. The van der Waals surface area contributed by atoms with Gasteiger partial charge in [0.1, 0.15) is 0 Å². The first-order valence-corrected chi connectivity index (χ1v) is 8.94. The lowest BCUT2D eigenvalue weighted by molar-refractivity contribution is -0.123. The number of methoxy groups -OCH3 is 3. The first-order valence-electron chi connectivity index (χ1n) is 8.94. The van der Waals surface area contributed by atoms with Gasteiger partial charge in [-0.2, -0.15) is 0 Å². The number of hydrogen-bond donors (Lipinski definition) is 2. The molecule has 0 saturated heterocycles. The number of carbonyl (C=O) groups excluding carboxylic acids is 2. The number of hydrazine groups is 1. The molecule has 0 heterocycles. The third-order valence-corrected chi connectivity index (χ3v) is 5.57. The normalized spacial score (nSPS) is 23.4. The minimum Gasteiger partial charge on any atom is -0.493 e. The van der Waals surface area contributed by atoms with Crippen LogP contribution in [0.15, 0.2) is 12.1 Å². The second-order valence-corrected chi connectivity index (χ2v) is 7.06. The molecular formula is C19H26N2O5. The number of carbonyl (C=O) groups is 2. The van der Waals surface area contributed by atoms with Crippen LogP contribution < -0.4 is 25.1 Å². The maximum Gasteiger partial charge on any atom is 0.269 e. The van der Waals surface area contributed by atoms with Crippen LogP contribution in [0.4, 0.5) is 0 Å². The molecule has 2 aliphatic rings. The molecule has 0 spiro atoms. The highest BCUT2D eigenvalue weighted by molar-refractivity contribution is 5.96. The molecular weight excluding hydrogens is 336 g/mol. The van der Waals surface area contributed by atoms with E-state index < -0.39 is 5.91 Å². The van der Waals surface area contributed by atoms with E-state index in [1.165, 1.54) is 40.6 Å². The molecule has 3 atom stereocenters. The monoisotopic (exact) mass is 362 g/mol. The average Bonchev–Trinajstić information content (AvgIpc) is 3.27. The van der Waals surface area contributed by atoms with E-state index in [2.05, 4.69) is 10.9 Å². The van der Waals surface area contributed by atoms with Crippen molar-refractivity contribution in [3.8, 4) is 17.2 Å². The van der Waals surface area contributed by atoms with Gasteiger partial charge in [0, 0.05) is 12.0 Å². The molecule has 0 unspecified atom stereocenters. The first kappa shape index (κ1) is 18.4. The molecule has 2 fully saturated rings. The lowest BCUT2D eigenvalue weighted by Crippen LogP contribution is -2.42. The van der Waals surface area contributed by atoms with Crippen LogP contribution >= 0.6 is 0 Å². The SMILES string of the molecule is COc1cc(C(=O)NNC(=O)C[C@H]2C[C@@H]3CC[C@@H]2C3)cc(OC)c1OC. The highest BCUT2D eigenvalue weighted by Crippen LogP contribution is 2.49. The minimum atomic E-state index is -0.439. The van der Waals surface area contributed by atoms with Gasteiger partial charge in [-0.25, -0.2) is 0 Å². The molecule has 2 bridgehead atoms. The highest BCUT2D eigenvalue weighted by Gasteiger charge is 2.40. The summed E-state index contributed by atoms with van der Waals surface area (Å²) >= 11 is 0. The fraction of sp³-hybridized carbons (Fsp3) is 0.579. The van der Waals surface area contributed by atoms with Crippen LogP contribution in [0, 0.1) is 17.8 Å². The predicted octanol–water partition coefficient (Wildman–Crippen LogP) is 2.30. The Labute approximate surface area is 153 Å². The van der Waals surface area contributed by atoms with E-state index in [0.29, 0.717) is 41.1 Å². The van der Waals surface area contributed by atoms with Crippen molar-refractivity contribution in [1.82, 2.24) is 10.9 Å². The Kier molecular flexibility index (Phi) is 5.54. The van der Waals surface area contributed by atoms with E-state index >= 15 is 0 Å². The quantitative estimate of drug-likeness (QED) is 0.759. The van der Waals surface area contributed by atoms with Crippen molar-refractivity contribution in [1.29, 1.82) is 0 Å². The van der Waals surface area contributed by atoms with Crippen molar-refractivity contribution in [3.63, 3.8) is 0 Å². The summed E-state index contributed by atoms with van der Waals surface area (Å²) in [5, 5.41) is 0. The van der Waals surface area contributed by atoms with Gasteiger partial charge < -0.3 is 14.2 Å². The van der Waals surface area contributed by atoms with Crippen molar-refractivity contribution in [2.45, 2.75) is 32.1 Å². The first-order chi connectivity index (χ1) is 12.5. The molecule has 0 radical (unpaired) electrons. The second-order valence-electron chi connectivity index (χ2n) is 7.06. The summed E-state index contributed by atoms with van der Waals surface area (Å²) in [6, 6.07) is 3.08. The van der Waals surface area contributed by atoms with Crippen molar-refractivity contribution < 1.29 is 23.8 Å². The fourth-order valence-electron chi connectivity index (χ4n) is 4.33. The van der Waals surface area contributed by atoms with E-state index in [-0.39, 0.29) is 5.91 Å². The Bertz CT molecular complexity index is 666. The van der Waals surface area contributed by atoms with Crippen molar-refractivity contribution in [3.05, 3.63) is 17.7 Å². The second kappa shape index (κ2) is 7.85. The molecule has 2 N–H and O–H groups in total. The molecule has 1 aromatic rings. The van der Waals surface area contributed by atoms with Crippen LogP contribution in [-0.4, -0.2) is 33.1 Å². The average molecular weight is 362 g/mol. The van der Waals surface area contributed by atoms with Crippen molar-refractivity contribution in [2.75, 3.05) is 21.3 Å². The summed E-state index contributed by atoms with van der Waals surface area (Å²) in [6.07, 6.45) is 5.41. The summed E-state index contributed by atoms with van der Waals surface area (Å²) in [4.78, 5) is 24.5. The summed E-state index contributed by atoms with van der Waals surface area (Å²) in [7, 11) is 4.46. The van der Waals surface area contributed by atoms with Crippen LogP contribution in [0.1, 0.15) is 42.5 Å². The van der Waals surface area contributed by atoms with Crippen molar-refractivity contribution in [2.24, 2.45) is 17.8 Å². The van der Waals surface area contributed by atoms with Gasteiger partial charge in [0.2, 0.25) is 11.7 Å². The zero-order valence-corrected chi connectivity index (χ0v) is 15.5. The lowest BCUT2D eigenvalue weighted by atomic mass is 9.86. The molecule has 1 aromatic carbocycles. The molecule has 0 aromatic heterocycles.